The number of aryl methyl sites for hydroxylation is 1. The van der Waals surface area contributed by atoms with Crippen LogP contribution in [0.2, 0.25) is 0 Å². The van der Waals surface area contributed by atoms with Crippen molar-refractivity contribution in [2.24, 2.45) is 0 Å². The van der Waals surface area contributed by atoms with Crippen LogP contribution in [0.1, 0.15) is 21.9 Å². The van der Waals surface area contributed by atoms with Crippen molar-refractivity contribution in [3.8, 4) is 11.1 Å². The van der Waals surface area contributed by atoms with E-state index < -0.39 is 0 Å². The van der Waals surface area contributed by atoms with E-state index in [0.29, 0.717) is 12.1 Å². The largest absolute Gasteiger partial charge is 0.352 e. The van der Waals surface area contributed by atoms with Crippen LogP contribution in [0, 0.1) is 6.92 Å². The number of H-pyrrole nitrogens is 1. The van der Waals surface area contributed by atoms with Crippen molar-refractivity contribution in [3.05, 3.63) is 77.9 Å². The molecule has 0 bridgehead atoms. The first-order chi connectivity index (χ1) is 11.2. The summed E-state index contributed by atoms with van der Waals surface area (Å²) < 4.78 is 0. The van der Waals surface area contributed by atoms with Crippen molar-refractivity contribution in [2.45, 2.75) is 13.3 Å². The number of aromatic amines is 1. The Morgan fingerprint density at radius 1 is 1.09 bits per heavy atom. The van der Waals surface area contributed by atoms with Gasteiger partial charge in [-0.05, 0) is 30.2 Å². The molecule has 116 valence electrons. The molecular formula is C19H19N3O. The summed E-state index contributed by atoms with van der Waals surface area (Å²) in [6.07, 6.45) is 2.54. The van der Waals surface area contributed by atoms with Gasteiger partial charge in [0.25, 0.3) is 5.91 Å². The number of carbonyl (C=O) groups is 1. The molecule has 0 spiro atoms. The van der Waals surface area contributed by atoms with Gasteiger partial charge >= 0.3 is 0 Å². The quantitative estimate of drug-likeness (QED) is 0.759. The van der Waals surface area contributed by atoms with Gasteiger partial charge in [-0.1, -0.05) is 42.5 Å². The Morgan fingerprint density at radius 2 is 1.87 bits per heavy atom. The molecule has 1 heterocycles. The fraction of sp³-hybridized carbons (Fsp3) is 0.158. The lowest BCUT2D eigenvalue weighted by Crippen LogP contribution is -2.25. The van der Waals surface area contributed by atoms with E-state index in [2.05, 4.69) is 15.3 Å². The number of hydrogen-bond acceptors (Lipinski definition) is 2. The highest BCUT2D eigenvalue weighted by molar-refractivity contribution is 5.95. The zero-order valence-electron chi connectivity index (χ0n) is 13.0. The third-order valence-electron chi connectivity index (χ3n) is 3.67. The Hall–Kier alpha value is -2.88. The fourth-order valence-corrected chi connectivity index (χ4v) is 2.48. The first kappa shape index (κ1) is 15.0. The van der Waals surface area contributed by atoms with Crippen molar-refractivity contribution < 1.29 is 4.79 Å². The van der Waals surface area contributed by atoms with E-state index in [9.17, 15) is 4.79 Å². The molecule has 0 saturated carbocycles. The zero-order chi connectivity index (χ0) is 16.1. The smallest absolute Gasteiger partial charge is 0.251 e. The average Bonchev–Trinajstić information content (AvgIpc) is 3.01. The maximum atomic E-state index is 12.3. The lowest BCUT2D eigenvalue weighted by molar-refractivity contribution is 0.0954. The van der Waals surface area contributed by atoms with Crippen LogP contribution in [0.15, 0.2) is 60.8 Å². The number of carbonyl (C=O) groups excluding carboxylic acids is 1. The summed E-state index contributed by atoms with van der Waals surface area (Å²) >= 11 is 0. The minimum absolute atomic E-state index is 0.0565. The summed E-state index contributed by atoms with van der Waals surface area (Å²) in [5.41, 5.74) is 3.85. The summed E-state index contributed by atoms with van der Waals surface area (Å²) in [6, 6.07) is 17.7. The van der Waals surface area contributed by atoms with Crippen molar-refractivity contribution in [3.63, 3.8) is 0 Å². The highest BCUT2D eigenvalue weighted by atomic mass is 16.1. The third-order valence-corrected chi connectivity index (χ3v) is 3.67. The minimum Gasteiger partial charge on any atom is -0.352 e. The Bertz CT molecular complexity index is 793. The van der Waals surface area contributed by atoms with Crippen LogP contribution in [0.5, 0.6) is 0 Å². The molecule has 3 aromatic rings. The summed E-state index contributed by atoms with van der Waals surface area (Å²) in [7, 11) is 0. The first-order valence-electron chi connectivity index (χ1n) is 7.66. The van der Waals surface area contributed by atoms with E-state index in [1.807, 2.05) is 61.5 Å². The number of aromatic nitrogens is 2. The summed E-state index contributed by atoms with van der Waals surface area (Å²) in [5, 5.41) is 2.95. The van der Waals surface area contributed by atoms with Gasteiger partial charge in [0.05, 0.1) is 0 Å². The van der Waals surface area contributed by atoms with Crippen LogP contribution in [0.4, 0.5) is 0 Å². The predicted octanol–water partition coefficient (Wildman–Crippen LogP) is 3.36. The van der Waals surface area contributed by atoms with Gasteiger partial charge in [0.15, 0.2) is 0 Å². The molecule has 2 N–H and O–H groups in total. The molecule has 0 aliphatic rings. The molecule has 1 amide bonds. The molecule has 23 heavy (non-hydrogen) atoms. The highest BCUT2D eigenvalue weighted by Crippen LogP contribution is 2.19. The number of rotatable bonds is 5. The van der Waals surface area contributed by atoms with Gasteiger partial charge in [-0.15, -0.1) is 0 Å². The van der Waals surface area contributed by atoms with E-state index >= 15 is 0 Å². The SMILES string of the molecule is Cc1ncc(CCNC(=O)c2cccc(-c3ccccc3)c2)[nH]1. The highest BCUT2D eigenvalue weighted by Gasteiger charge is 2.07. The van der Waals surface area contributed by atoms with Gasteiger partial charge in [-0.3, -0.25) is 4.79 Å². The second kappa shape index (κ2) is 6.92. The summed E-state index contributed by atoms with van der Waals surface area (Å²) in [4.78, 5) is 19.6. The Balaban J connectivity index is 1.63. The molecule has 0 aliphatic heterocycles. The molecule has 3 rings (SSSR count). The molecule has 1 aromatic heterocycles. The minimum atomic E-state index is -0.0565. The topological polar surface area (TPSA) is 57.8 Å². The van der Waals surface area contributed by atoms with Crippen LogP contribution in [0.25, 0.3) is 11.1 Å². The second-order valence-corrected chi connectivity index (χ2v) is 5.45. The molecule has 0 radical (unpaired) electrons. The number of nitrogens with zero attached hydrogens (tertiary/aromatic N) is 1. The van der Waals surface area contributed by atoms with Gasteiger partial charge < -0.3 is 10.3 Å². The Kier molecular flexibility index (Phi) is 4.52. The van der Waals surface area contributed by atoms with E-state index in [1.165, 1.54) is 0 Å². The Morgan fingerprint density at radius 3 is 2.61 bits per heavy atom. The number of nitrogens with one attached hydrogen (secondary N) is 2. The summed E-state index contributed by atoms with van der Waals surface area (Å²) in [5.74, 6) is 0.834. The van der Waals surface area contributed by atoms with Crippen molar-refractivity contribution in [2.75, 3.05) is 6.54 Å². The molecule has 4 heteroatoms. The van der Waals surface area contributed by atoms with E-state index in [1.54, 1.807) is 6.20 Å². The van der Waals surface area contributed by atoms with Crippen molar-refractivity contribution >= 4 is 5.91 Å². The van der Waals surface area contributed by atoms with Crippen LogP contribution in [-0.2, 0) is 6.42 Å². The number of amides is 1. The number of benzene rings is 2. The molecule has 0 unspecified atom stereocenters. The standard InChI is InChI=1S/C19H19N3O/c1-14-21-13-18(22-14)10-11-20-19(23)17-9-5-8-16(12-17)15-6-3-2-4-7-15/h2-9,12-13H,10-11H2,1H3,(H,20,23)(H,21,22). The number of hydrogen-bond donors (Lipinski definition) is 2. The maximum Gasteiger partial charge on any atom is 0.251 e. The third kappa shape index (κ3) is 3.86. The fourth-order valence-electron chi connectivity index (χ4n) is 2.48. The van der Waals surface area contributed by atoms with Crippen LogP contribution >= 0.6 is 0 Å². The van der Waals surface area contributed by atoms with Crippen molar-refractivity contribution in [1.29, 1.82) is 0 Å². The van der Waals surface area contributed by atoms with Crippen LogP contribution in [-0.4, -0.2) is 22.4 Å². The number of imidazole rings is 1. The predicted molar refractivity (Wildman–Crippen MR) is 91.2 cm³/mol. The second-order valence-electron chi connectivity index (χ2n) is 5.45. The van der Waals surface area contributed by atoms with Crippen molar-refractivity contribution in [1.82, 2.24) is 15.3 Å². The normalized spacial score (nSPS) is 10.5. The first-order valence-corrected chi connectivity index (χ1v) is 7.66. The lowest BCUT2D eigenvalue weighted by Gasteiger charge is -2.07. The molecule has 0 fully saturated rings. The van der Waals surface area contributed by atoms with E-state index in [-0.39, 0.29) is 5.91 Å². The molecule has 0 aliphatic carbocycles. The van der Waals surface area contributed by atoms with E-state index in [0.717, 1.165) is 29.1 Å². The molecular weight excluding hydrogens is 286 g/mol. The monoisotopic (exact) mass is 305 g/mol. The van der Waals surface area contributed by atoms with Gasteiger partial charge in [0.2, 0.25) is 0 Å². The maximum absolute atomic E-state index is 12.3. The lowest BCUT2D eigenvalue weighted by atomic mass is 10.0. The van der Waals surface area contributed by atoms with Gasteiger partial charge in [-0.25, -0.2) is 4.98 Å². The van der Waals surface area contributed by atoms with Crippen LogP contribution in [0.3, 0.4) is 0 Å². The average molecular weight is 305 g/mol. The molecule has 0 atom stereocenters. The Labute approximate surface area is 135 Å². The summed E-state index contributed by atoms with van der Waals surface area (Å²) in [6.45, 7) is 2.49. The molecule has 2 aromatic carbocycles. The zero-order valence-corrected chi connectivity index (χ0v) is 13.0. The van der Waals surface area contributed by atoms with E-state index in [4.69, 9.17) is 0 Å². The van der Waals surface area contributed by atoms with Gasteiger partial charge in [0.1, 0.15) is 5.82 Å². The van der Waals surface area contributed by atoms with Gasteiger partial charge in [0, 0.05) is 30.4 Å². The van der Waals surface area contributed by atoms with Gasteiger partial charge in [-0.2, -0.15) is 0 Å². The van der Waals surface area contributed by atoms with Crippen LogP contribution < -0.4 is 5.32 Å². The molecule has 4 nitrogen and oxygen atoms in total. The molecule has 0 saturated heterocycles.